The van der Waals surface area contributed by atoms with Crippen LogP contribution >= 0.6 is 11.3 Å². The molecule has 0 unspecified atom stereocenters. The molecule has 0 atom stereocenters. The number of nitrogens with zero attached hydrogens (tertiary/aromatic N) is 1. The molecule has 2 rings (SSSR count). The zero-order valence-electron chi connectivity index (χ0n) is 10.1. The third kappa shape index (κ3) is 2.90. The number of carbonyl (C=O) groups is 1. The summed E-state index contributed by atoms with van der Waals surface area (Å²) in [5, 5.41) is 6.56. The number of amides is 1. The van der Waals surface area contributed by atoms with Gasteiger partial charge in [0.05, 0.1) is 5.56 Å². The molecular formula is C11H16N2O3S2. The maximum absolute atomic E-state index is 12.1. The third-order valence-electron chi connectivity index (χ3n) is 3.21. The summed E-state index contributed by atoms with van der Waals surface area (Å²) in [4.78, 5) is 13.7. The summed E-state index contributed by atoms with van der Waals surface area (Å²) in [6.07, 6.45) is 3.58. The maximum Gasteiger partial charge on any atom is 0.254 e. The Bertz CT molecular complexity index is 546. The molecule has 1 aromatic heterocycles. The molecular weight excluding hydrogens is 272 g/mol. The van der Waals surface area contributed by atoms with Crippen molar-refractivity contribution in [3.05, 3.63) is 17.0 Å². The van der Waals surface area contributed by atoms with Crippen molar-refractivity contribution in [3.8, 4) is 0 Å². The first-order chi connectivity index (χ1) is 8.38. The molecule has 1 saturated carbocycles. The summed E-state index contributed by atoms with van der Waals surface area (Å²) in [6, 6.07) is 1.35. The lowest BCUT2D eigenvalue weighted by Gasteiger charge is -2.30. The number of carbonyl (C=O) groups excluding carboxylic acids is 1. The van der Waals surface area contributed by atoms with E-state index >= 15 is 0 Å². The average molecular weight is 288 g/mol. The standard InChI is InChI=1S/C11H16N2O3S2/c1-13(6-8-3-2-4-8)11(14)9-5-10(17-7-9)18(12,15)16/h5,7-8H,2-4,6H2,1H3,(H2,12,15,16). The van der Waals surface area contributed by atoms with Gasteiger partial charge in [0, 0.05) is 19.0 Å². The van der Waals surface area contributed by atoms with Gasteiger partial charge in [-0.2, -0.15) is 0 Å². The third-order valence-corrected chi connectivity index (χ3v) is 5.59. The topological polar surface area (TPSA) is 80.5 Å². The number of primary sulfonamides is 1. The van der Waals surface area contributed by atoms with E-state index in [1.165, 1.54) is 25.3 Å². The summed E-state index contributed by atoms with van der Waals surface area (Å²) >= 11 is 0.980. The van der Waals surface area contributed by atoms with Crippen LogP contribution in [0.3, 0.4) is 0 Å². The molecule has 5 nitrogen and oxygen atoms in total. The fourth-order valence-electron chi connectivity index (χ4n) is 1.94. The predicted molar refractivity (Wildman–Crippen MR) is 70.0 cm³/mol. The van der Waals surface area contributed by atoms with Crippen molar-refractivity contribution in [2.24, 2.45) is 11.1 Å². The molecule has 0 bridgehead atoms. The van der Waals surface area contributed by atoms with E-state index in [1.807, 2.05) is 0 Å². The zero-order valence-corrected chi connectivity index (χ0v) is 11.8. The van der Waals surface area contributed by atoms with Crippen LogP contribution in [0.25, 0.3) is 0 Å². The van der Waals surface area contributed by atoms with Crippen LogP contribution in [0.15, 0.2) is 15.7 Å². The minimum absolute atomic E-state index is 0.0305. The van der Waals surface area contributed by atoms with Gasteiger partial charge in [-0.15, -0.1) is 11.3 Å². The monoisotopic (exact) mass is 288 g/mol. The molecule has 100 valence electrons. The first-order valence-electron chi connectivity index (χ1n) is 5.74. The Labute approximate surface area is 111 Å². The van der Waals surface area contributed by atoms with Crippen molar-refractivity contribution < 1.29 is 13.2 Å². The summed E-state index contributed by atoms with van der Waals surface area (Å²) in [7, 11) is -1.96. The van der Waals surface area contributed by atoms with Crippen molar-refractivity contribution >= 4 is 27.3 Å². The smallest absolute Gasteiger partial charge is 0.254 e. The van der Waals surface area contributed by atoms with E-state index in [-0.39, 0.29) is 10.1 Å². The quantitative estimate of drug-likeness (QED) is 0.906. The van der Waals surface area contributed by atoms with Gasteiger partial charge in [0.1, 0.15) is 4.21 Å². The SMILES string of the molecule is CN(CC1CCC1)C(=O)c1csc(S(N)(=O)=O)c1. The van der Waals surface area contributed by atoms with Crippen molar-refractivity contribution in [2.45, 2.75) is 23.5 Å². The minimum Gasteiger partial charge on any atom is -0.341 e. The van der Waals surface area contributed by atoms with E-state index in [2.05, 4.69) is 0 Å². The van der Waals surface area contributed by atoms with E-state index in [4.69, 9.17) is 5.14 Å². The number of nitrogens with two attached hydrogens (primary N) is 1. The molecule has 7 heteroatoms. The van der Waals surface area contributed by atoms with Crippen LogP contribution in [0.5, 0.6) is 0 Å². The van der Waals surface area contributed by atoms with Gasteiger partial charge >= 0.3 is 0 Å². The van der Waals surface area contributed by atoms with Gasteiger partial charge in [0.25, 0.3) is 5.91 Å². The van der Waals surface area contributed by atoms with Crippen LogP contribution in [0, 0.1) is 5.92 Å². The van der Waals surface area contributed by atoms with Crippen molar-refractivity contribution in [3.63, 3.8) is 0 Å². The maximum atomic E-state index is 12.1. The molecule has 18 heavy (non-hydrogen) atoms. The van der Waals surface area contributed by atoms with Crippen LogP contribution < -0.4 is 5.14 Å². The second-order valence-electron chi connectivity index (χ2n) is 4.68. The van der Waals surface area contributed by atoms with E-state index in [1.54, 1.807) is 17.3 Å². The second-order valence-corrected chi connectivity index (χ2v) is 7.38. The number of thiophene rings is 1. The molecule has 0 radical (unpaired) electrons. The Morgan fingerprint density at radius 1 is 1.56 bits per heavy atom. The molecule has 2 N–H and O–H groups in total. The van der Waals surface area contributed by atoms with Crippen LogP contribution in [0.1, 0.15) is 29.6 Å². The number of hydrogen-bond donors (Lipinski definition) is 1. The van der Waals surface area contributed by atoms with Gasteiger partial charge in [-0.25, -0.2) is 13.6 Å². The number of rotatable bonds is 4. The van der Waals surface area contributed by atoms with Gasteiger partial charge in [-0.05, 0) is 24.8 Å². The highest BCUT2D eigenvalue weighted by atomic mass is 32.2. The highest BCUT2D eigenvalue weighted by molar-refractivity contribution is 7.91. The van der Waals surface area contributed by atoms with Crippen molar-refractivity contribution in [1.29, 1.82) is 0 Å². The minimum atomic E-state index is -3.71. The number of sulfonamides is 1. The number of hydrogen-bond acceptors (Lipinski definition) is 4. The second kappa shape index (κ2) is 4.99. The lowest BCUT2D eigenvalue weighted by molar-refractivity contribution is 0.0745. The molecule has 0 aromatic carbocycles. The predicted octanol–water partition coefficient (Wildman–Crippen LogP) is 1.27. The molecule has 1 amide bonds. The first kappa shape index (κ1) is 13.5. The molecule has 1 aromatic rings. The summed E-state index contributed by atoms with van der Waals surface area (Å²) in [5.41, 5.74) is 0.394. The highest BCUT2D eigenvalue weighted by Gasteiger charge is 2.23. The van der Waals surface area contributed by atoms with Gasteiger partial charge in [0.15, 0.2) is 0 Å². The average Bonchev–Trinajstić information content (AvgIpc) is 2.70. The first-order valence-corrected chi connectivity index (χ1v) is 8.17. The normalized spacial score (nSPS) is 16.3. The summed E-state index contributed by atoms with van der Waals surface area (Å²) in [6.45, 7) is 0.736. The van der Waals surface area contributed by atoms with Crippen LogP contribution in [-0.2, 0) is 10.0 Å². The van der Waals surface area contributed by atoms with Crippen molar-refractivity contribution in [1.82, 2.24) is 4.90 Å². The Balaban J connectivity index is 2.06. The fourth-order valence-corrected chi connectivity index (χ4v) is 3.52. The van der Waals surface area contributed by atoms with E-state index in [9.17, 15) is 13.2 Å². The lowest BCUT2D eigenvalue weighted by Crippen LogP contribution is -2.34. The molecule has 0 spiro atoms. The van der Waals surface area contributed by atoms with E-state index in [0.717, 1.165) is 17.9 Å². The fraction of sp³-hybridized carbons (Fsp3) is 0.545. The van der Waals surface area contributed by atoms with E-state index in [0.29, 0.717) is 11.5 Å². The molecule has 1 aliphatic carbocycles. The van der Waals surface area contributed by atoms with Crippen LogP contribution in [0.2, 0.25) is 0 Å². The Kier molecular flexibility index (Phi) is 3.74. The van der Waals surface area contributed by atoms with E-state index < -0.39 is 10.0 Å². The van der Waals surface area contributed by atoms with Gasteiger partial charge < -0.3 is 4.90 Å². The highest BCUT2D eigenvalue weighted by Crippen LogP contribution is 2.27. The molecule has 1 fully saturated rings. The molecule has 1 heterocycles. The largest absolute Gasteiger partial charge is 0.341 e. The Hall–Kier alpha value is -0.920. The van der Waals surface area contributed by atoms with Crippen LogP contribution in [0.4, 0.5) is 0 Å². The van der Waals surface area contributed by atoms with Gasteiger partial charge in [-0.3, -0.25) is 4.79 Å². The Morgan fingerprint density at radius 3 is 2.67 bits per heavy atom. The van der Waals surface area contributed by atoms with Gasteiger partial charge in [-0.1, -0.05) is 6.42 Å². The molecule has 0 aliphatic heterocycles. The molecule has 1 aliphatic rings. The van der Waals surface area contributed by atoms with Crippen LogP contribution in [-0.4, -0.2) is 32.8 Å². The Morgan fingerprint density at radius 2 is 2.22 bits per heavy atom. The van der Waals surface area contributed by atoms with Gasteiger partial charge in [0.2, 0.25) is 10.0 Å². The van der Waals surface area contributed by atoms with Crippen molar-refractivity contribution in [2.75, 3.05) is 13.6 Å². The summed E-state index contributed by atoms with van der Waals surface area (Å²) < 4.78 is 22.3. The summed E-state index contributed by atoms with van der Waals surface area (Å²) in [5.74, 6) is 0.448. The zero-order chi connectivity index (χ0) is 13.3. The molecule has 0 saturated heterocycles. The lowest BCUT2D eigenvalue weighted by atomic mass is 9.85.